The van der Waals surface area contributed by atoms with Gasteiger partial charge >= 0.3 is 6.09 Å². The topological polar surface area (TPSA) is 32.8 Å². The molecule has 1 aromatic rings. The van der Waals surface area contributed by atoms with E-state index in [1.54, 1.807) is 0 Å². The zero-order valence-electron chi connectivity index (χ0n) is 12.0. The number of hydrogen-bond donors (Lipinski definition) is 0. The standard InChI is InChI=1S/C16H22N2O2/c1-17-9-7-16(12-17)8-10-18(13-16)15(19)20-11-14-5-3-2-4-6-14/h2-6H,7-13H2,1H3. The Bertz CT molecular complexity index is 477. The molecule has 0 N–H and O–H groups in total. The molecule has 0 aliphatic carbocycles. The third kappa shape index (κ3) is 2.80. The van der Waals surface area contributed by atoms with E-state index in [-0.39, 0.29) is 6.09 Å². The molecular formula is C16H22N2O2. The van der Waals surface area contributed by atoms with Crippen LogP contribution in [0.2, 0.25) is 0 Å². The highest BCUT2D eigenvalue weighted by Gasteiger charge is 2.44. The molecule has 108 valence electrons. The van der Waals surface area contributed by atoms with E-state index in [4.69, 9.17) is 4.74 Å². The van der Waals surface area contributed by atoms with Gasteiger partial charge in [-0.05, 0) is 32.0 Å². The van der Waals surface area contributed by atoms with Crippen LogP contribution in [0.5, 0.6) is 0 Å². The second-order valence-corrected chi connectivity index (χ2v) is 6.20. The Kier molecular flexibility index (Phi) is 3.66. The van der Waals surface area contributed by atoms with E-state index in [2.05, 4.69) is 11.9 Å². The highest BCUT2D eigenvalue weighted by Crippen LogP contribution is 2.39. The smallest absolute Gasteiger partial charge is 0.410 e. The lowest BCUT2D eigenvalue weighted by molar-refractivity contribution is 0.0998. The Balaban J connectivity index is 1.52. The van der Waals surface area contributed by atoms with Crippen LogP contribution in [0.15, 0.2) is 30.3 Å². The van der Waals surface area contributed by atoms with E-state index in [9.17, 15) is 4.79 Å². The van der Waals surface area contributed by atoms with Crippen molar-refractivity contribution >= 4 is 6.09 Å². The van der Waals surface area contributed by atoms with Gasteiger partial charge in [-0.3, -0.25) is 0 Å². The van der Waals surface area contributed by atoms with Gasteiger partial charge in [-0.15, -0.1) is 0 Å². The first-order valence-electron chi connectivity index (χ1n) is 7.31. The molecule has 2 fully saturated rings. The van der Waals surface area contributed by atoms with Crippen molar-refractivity contribution in [2.75, 3.05) is 33.2 Å². The summed E-state index contributed by atoms with van der Waals surface area (Å²) < 4.78 is 5.41. The largest absolute Gasteiger partial charge is 0.445 e. The second kappa shape index (κ2) is 5.44. The quantitative estimate of drug-likeness (QED) is 0.830. The number of amides is 1. The fourth-order valence-electron chi connectivity index (χ4n) is 3.39. The summed E-state index contributed by atoms with van der Waals surface area (Å²) in [5, 5.41) is 0. The summed E-state index contributed by atoms with van der Waals surface area (Å²) in [6.07, 6.45) is 2.14. The zero-order valence-corrected chi connectivity index (χ0v) is 12.0. The molecule has 1 atom stereocenters. The zero-order chi connectivity index (χ0) is 14.0. The molecule has 4 heteroatoms. The summed E-state index contributed by atoms with van der Waals surface area (Å²) >= 11 is 0. The van der Waals surface area contributed by atoms with E-state index < -0.39 is 0 Å². The number of benzene rings is 1. The van der Waals surface area contributed by atoms with Gasteiger partial charge in [-0.1, -0.05) is 30.3 Å². The molecule has 3 rings (SSSR count). The number of rotatable bonds is 2. The number of carbonyl (C=O) groups is 1. The first-order chi connectivity index (χ1) is 9.67. The maximum atomic E-state index is 12.1. The highest BCUT2D eigenvalue weighted by atomic mass is 16.6. The molecule has 4 nitrogen and oxygen atoms in total. The van der Waals surface area contributed by atoms with E-state index in [1.165, 1.54) is 6.42 Å². The van der Waals surface area contributed by atoms with Gasteiger partial charge in [0.05, 0.1) is 0 Å². The number of hydrogen-bond acceptors (Lipinski definition) is 3. The van der Waals surface area contributed by atoms with Crippen molar-refractivity contribution in [3.63, 3.8) is 0 Å². The Labute approximate surface area is 120 Å². The van der Waals surface area contributed by atoms with Crippen LogP contribution in [0.25, 0.3) is 0 Å². The number of carbonyl (C=O) groups excluding carboxylic acids is 1. The Morgan fingerprint density at radius 3 is 2.65 bits per heavy atom. The van der Waals surface area contributed by atoms with E-state index in [0.717, 1.165) is 38.2 Å². The maximum absolute atomic E-state index is 12.1. The van der Waals surface area contributed by atoms with Crippen molar-refractivity contribution in [1.82, 2.24) is 9.80 Å². The minimum absolute atomic E-state index is 0.166. The molecule has 1 amide bonds. The Morgan fingerprint density at radius 2 is 1.95 bits per heavy atom. The van der Waals surface area contributed by atoms with Gasteiger partial charge in [0.2, 0.25) is 0 Å². The average Bonchev–Trinajstić information content (AvgIpc) is 3.04. The Morgan fingerprint density at radius 1 is 1.20 bits per heavy atom. The minimum atomic E-state index is -0.166. The normalized spacial score (nSPS) is 26.4. The third-order valence-electron chi connectivity index (χ3n) is 4.53. The van der Waals surface area contributed by atoms with Crippen molar-refractivity contribution in [3.8, 4) is 0 Å². The molecule has 0 saturated carbocycles. The van der Waals surface area contributed by atoms with E-state index >= 15 is 0 Å². The number of likely N-dealkylation sites (tertiary alicyclic amines) is 2. The van der Waals surface area contributed by atoms with Crippen LogP contribution in [-0.2, 0) is 11.3 Å². The van der Waals surface area contributed by atoms with Crippen LogP contribution < -0.4 is 0 Å². The number of ether oxygens (including phenoxy) is 1. The summed E-state index contributed by atoms with van der Waals surface area (Å²) in [4.78, 5) is 16.4. The van der Waals surface area contributed by atoms with Crippen molar-refractivity contribution in [1.29, 1.82) is 0 Å². The van der Waals surface area contributed by atoms with Gasteiger partial charge in [-0.2, -0.15) is 0 Å². The second-order valence-electron chi connectivity index (χ2n) is 6.20. The fourth-order valence-corrected chi connectivity index (χ4v) is 3.39. The van der Waals surface area contributed by atoms with Gasteiger partial charge in [0.1, 0.15) is 6.61 Å². The van der Waals surface area contributed by atoms with Crippen LogP contribution in [0.4, 0.5) is 4.79 Å². The van der Waals surface area contributed by atoms with Crippen molar-refractivity contribution in [2.45, 2.75) is 19.4 Å². The molecule has 0 radical (unpaired) electrons. The molecule has 1 unspecified atom stereocenters. The predicted molar refractivity (Wildman–Crippen MR) is 77.4 cm³/mol. The Hall–Kier alpha value is -1.55. The predicted octanol–water partition coefficient (Wildman–Crippen LogP) is 2.35. The summed E-state index contributed by atoms with van der Waals surface area (Å²) in [6.45, 7) is 4.30. The molecule has 2 saturated heterocycles. The van der Waals surface area contributed by atoms with E-state index in [1.807, 2.05) is 35.2 Å². The summed E-state index contributed by atoms with van der Waals surface area (Å²) in [5.74, 6) is 0. The lowest BCUT2D eigenvalue weighted by Gasteiger charge is -2.23. The van der Waals surface area contributed by atoms with Crippen LogP contribution in [0.1, 0.15) is 18.4 Å². The highest BCUT2D eigenvalue weighted by molar-refractivity contribution is 5.68. The SMILES string of the molecule is CN1CCC2(CCN(C(=O)OCc3ccccc3)C2)C1. The van der Waals surface area contributed by atoms with Crippen LogP contribution in [0, 0.1) is 5.41 Å². The molecule has 2 heterocycles. The fraction of sp³-hybridized carbons (Fsp3) is 0.562. The molecule has 1 spiro atoms. The van der Waals surface area contributed by atoms with Gasteiger partial charge in [0, 0.05) is 25.0 Å². The molecular weight excluding hydrogens is 252 g/mol. The van der Waals surface area contributed by atoms with Crippen molar-refractivity contribution < 1.29 is 9.53 Å². The van der Waals surface area contributed by atoms with Crippen LogP contribution in [-0.4, -0.2) is 49.1 Å². The summed E-state index contributed by atoms with van der Waals surface area (Å²) in [5.41, 5.74) is 1.36. The molecule has 0 bridgehead atoms. The molecule has 2 aliphatic rings. The van der Waals surface area contributed by atoms with Crippen molar-refractivity contribution in [2.24, 2.45) is 5.41 Å². The van der Waals surface area contributed by atoms with Crippen LogP contribution >= 0.6 is 0 Å². The average molecular weight is 274 g/mol. The molecule has 0 aromatic heterocycles. The molecule has 1 aromatic carbocycles. The number of nitrogens with zero attached hydrogens (tertiary/aromatic N) is 2. The monoisotopic (exact) mass is 274 g/mol. The van der Waals surface area contributed by atoms with Gasteiger partial charge in [0.15, 0.2) is 0 Å². The summed E-state index contributed by atoms with van der Waals surface area (Å²) in [6, 6.07) is 9.84. The van der Waals surface area contributed by atoms with Crippen molar-refractivity contribution in [3.05, 3.63) is 35.9 Å². The maximum Gasteiger partial charge on any atom is 0.410 e. The third-order valence-corrected chi connectivity index (χ3v) is 4.53. The molecule has 2 aliphatic heterocycles. The van der Waals surface area contributed by atoms with E-state index in [0.29, 0.717) is 12.0 Å². The lowest BCUT2D eigenvalue weighted by atomic mass is 9.86. The lowest BCUT2D eigenvalue weighted by Crippen LogP contribution is -2.33. The molecule has 20 heavy (non-hydrogen) atoms. The van der Waals surface area contributed by atoms with Crippen LogP contribution in [0.3, 0.4) is 0 Å². The first kappa shape index (κ1) is 13.4. The minimum Gasteiger partial charge on any atom is -0.445 e. The summed E-state index contributed by atoms with van der Waals surface area (Å²) in [7, 11) is 2.16. The first-order valence-corrected chi connectivity index (χ1v) is 7.31. The van der Waals surface area contributed by atoms with Gasteiger partial charge in [0.25, 0.3) is 0 Å². The van der Waals surface area contributed by atoms with Gasteiger partial charge in [-0.25, -0.2) is 4.79 Å². The van der Waals surface area contributed by atoms with Gasteiger partial charge < -0.3 is 14.5 Å².